The van der Waals surface area contributed by atoms with E-state index in [0.29, 0.717) is 0 Å². The Bertz CT molecular complexity index is 359. The van der Waals surface area contributed by atoms with Crippen molar-refractivity contribution in [2.45, 2.75) is 24.4 Å². The molecule has 12 heteroatoms. The normalized spacial score (nSPS) is 16.3. The molecule has 1 aromatic rings. The second kappa shape index (κ2) is 9.17. The van der Waals surface area contributed by atoms with Gasteiger partial charge in [-0.3, -0.25) is 0 Å². The van der Waals surface area contributed by atoms with Gasteiger partial charge in [0.05, 0.1) is 13.2 Å². The lowest BCUT2D eigenvalue weighted by Crippen LogP contribution is -2.46. The topological polar surface area (TPSA) is 238 Å². The second-order valence-corrected chi connectivity index (χ2v) is 3.89. The van der Waals surface area contributed by atoms with Gasteiger partial charge in [0, 0.05) is 0 Å². The van der Waals surface area contributed by atoms with E-state index >= 15 is 0 Å². The summed E-state index contributed by atoms with van der Waals surface area (Å²) in [5.41, 5.74) is 15.4. The summed E-state index contributed by atoms with van der Waals surface area (Å²) in [4.78, 5) is 10.5. The van der Waals surface area contributed by atoms with Crippen molar-refractivity contribution in [3.8, 4) is 0 Å². The molecule has 0 fully saturated rings. The van der Waals surface area contributed by atoms with Gasteiger partial charge in [0.2, 0.25) is 17.8 Å². The van der Waals surface area contributed by atoms with Gasteiger partial charge in [-0.25, -0.2) is 0 Å². The lowest BCUT2D eigenvalue weighted by molar-refractivity contribution is -0.123. The minimum Gasteiger partial charge on any atom is -0.394 e. The Balaban J connectivity index is 0.000000394. The van der Waals surface area contributed by atoms with Crippen LogP contribution >= 0.6 is 0 Å². The molecule has 21 heavy (non-hydrogen) atoms. The molecular formula is C9H20N6O6. The van der Waals surface area contributed by atoms with Crippen molar-refractivity contribution in [2.24, 2.45) is 0 Å². The van der Waals surface area contributed by atoms with E-state index in [-0.39, 0.29) is 17.8 Å². The first-order valence-electron chi connectivity index (χ1n) is 5.69. The second-order valence-electron chi connectivity index (χ2n) is 3.89. The maximum Gasteiger partial charge on any atom is 0.226 e. The number of hydrogen-bond acceptors (Lipinski definition) is 12. The smallest absolute Gasteiger partial charge is 0.226 e. The zero-order valence-electron chi connectivity index (χ0n) is 11.0. The standard InChI is InChI=1S/C6H14O6.C3H6N6/c7-1-3(9)5(11)6(12)4(10)2-8;4-1-7-2(5)9-3(6)8-1/h3-12H,1-2H2;(H6,4,5,6,7,8,9)/t3-,4+,5-,6-;/m1./s1. The highest BCUT2D eigenvalue weighted by molar-refractivity contribution is 5.33. The van der Waals surface area contributed by atoms with Crippen LogP contribution in [0.5, 0.6) is 0 Å². The monoisotopic (exact) mass is 308 g/mol. The third-order valence-corrected chi connectivity index (χ3v) is 2.20. The van der Waals surface area contributed by atoms with Gasteiger partial charge < -0.3 is 47.8 Å². The fourth-order valence-corrected chi connectivity index (χ4v) is 1.10. The number of nitrogens with two attached hydrogens (primary N) is 3. The van der Waals surface area contributed by atoms with E-state index in [1.54, 1.807) is 0 Å². The first-order chi connectivity index (χ1) is 9.72. The number of nitrogen functional groups attached to an aromatic ring is 3. The van der Waals surface area contributed by atoms with Gasteiger partial charge in [0.25, 0.3) is 0 Å². The summed E-state index contributed by atoms with van der Waals surface area (Å²) < 4.78 is 0. The maximum atomic E-state index is 8.96. The van der Waals surface area contributed by atoms with E-state index in [4.69, 9.17) is 47.8 Å². The average Bonchev–Trinajstić information content (AvgIpc) is 2.43. The molecule has 1 aromatic heterocycles. The SMILES string of the molecule is Nc1nc(N)nc(N)n1.OC[C@@H](O)[C@@H](O)[C@H](O)[C@@H](O)CO. The Morgan fingerprint density at radius 3 is 1.10 bits per heavy atom. The zero-order valence-corrected chi connectivity index (χ0v) is 11.0. The van der Waals surface area contributed by atoms with Crippen molar-refractivity contribution in [1.29, 1.82) is 0 Å². The van der Waals surface area contributed by atoms with E-state index in [0.717, 1.165) is 0 Å². The predicted octanol–water partition coefficient (Wildman–Crippen LogP) is -4.97. The van der Waals surface area contributed by atoms with Gasteiger partial charge in [0.15, 0.2) is 0 Å². The number of aliphatic hydroxyl groups is 6. The number of aliphatic hydroxyl groups excluding tert-OH is 6. The molecule has 122 valence electrons. The Hall–Kier alpha value is -1.83. The van der Waals surface area contributed by atoms with Crippen LogP contribution in [0.25, 0.3) is 0 Å². The number of rotatable bonds is 5. The Kier molecular flexibility index (Phi) is 8.37. The van der Waals surface area contributed by atoms with Crippen LogP contribution in [0.15, 0.2) is 0 Å². The van der Waals surface area contributed by atoms with E-state index < -0.39 is 37.6 Å². The molecule has 1 rings (SSSR count). The molecule has 0 saturated carbocycles. The molecule has 12 N–H and O–H groups in total. The third kappa shape index (κ3) is 6.94. The van der Waals surface area contributed by atoms with Crippen LogP contribution in [-0.4, -0.2) is 83.2 Å². The number of aromatic nitrogens is 3. The minimum absolute atomic E-state index is 0.0417. The van der Waals surface area contributed by atoms with Crippen molar-refractivity contribution in [1.82, 2.24) is 15.0 Å². The molecule has 0 saturated heterocycles. The van der Waals surface area contributed by atoms with Crippen molar-refractivity contribution < 1.29 is 30.6 Å². The van der Waals surface area contributed by atoms with Gasteiger partial charge in [-0.2, -0.15) is 15.0 Å². The highest BCUT2D eigenvalue weighted by Crippen LogP contribution is 2.04. The molecule has 0 radical (unpaired) electrons. The summed E-state index contributed by atoms with van der Waals surface area (Å²) >= 11 is 0. The summed E-state index contributed by atoms with van der Waals surface area (Å²) in [6.07, 6.45) is -6.39. The van der Waals surface area contributed by atoms with E-state index in [9.17, 15) is 0 Å². The van der Waals surface area contributed by atoms with Crippen molar-refractivity contribution in [3.63, 3.8) is 0 Å². The van der Waals surface area contributed by atoms with Gasteiger partial charge in [-0.15, -0.1) is 0 Å². The molecule has 0 aromatic carbocycles. The minimum atomic E-state index is -1.67. The summed E-state index contributed by atoms with van der Waals surface area (Å²) in [5, 5.41) is 52.2. The zero-order chi connectivity index (χ0) is 16.6. The van der Waals surface area contributed by atoms with Crippen molar-refractivity contribution in [2.75, 3.05) is 30.4 Å². The quantitative estimate of drug-likeness (QED) is 0.248. The largest absolute Gasteiger partial charge is 0.394 e. The summed E-state index contributed by atoms with van der Waals surface area (Å²) in [6, 6.07) is 0. The molecule has 1 heterocycles. The molecule has 12 nitrogen and oxygen atoms in total. The molecule has 0 unspecified atom stereocenters. The molecule has 0 spiro atoms. The molecule has 0 aliphatic carbocycles. The molecule has 0 aliphatic heterocycles. The van der Waals surface area contributed by atoms with Crippen molar-refractivity contribution >= 4 is 17.8 Å². The summed E-state index contributed by atoms with van der Waals surface area (Å²) in [5.74, 6) is 0.125. The van der Waals surface area contributed by atoms with Crippen LogP contribution in [0, 0.1) is 0 Å². The van der Waals surface area contributed by atoms with E-state index in [1.807, 2.05) is 0 Å². The highest BCUT2D eigenvalue weighted by atomic mass is 16.4. The van der Waals surface area contributed by atoms with Crippen LogP contribution in [0.1, 0.15) is 0 Å². The summed E-state index contributed by atoms with van der Waals surface area (Å²) in [6.45, 7) is -1.45. The molecular weight excluding hydrogens is 288 g/mol. The van der Waals surface area contributed by atoms with Gasteiger partial charge in [-0.05, 0) is 0 Å². The van der Waals surface area contributed by atoms with Crippen LogP contribution in [0.3, 0.4) is 0 Å². The highest BCUT2D eigenvalue weighted by Gasteiger charge is 2.29. The fraction of sp³-hybridized carbons (Fsp3) is 0.667. The van der Waals surface area contributed by atoms with Gasteiger partial charge in [0.1, 0.15) is 24.4 Å². The molecule has 0 bridgehead atoms. The average molecular weight is 308 g/mol. The Morgan fingerprint density at radius 1 is 0.667 bits per heavy atom. The molecule has 0 aliphatic rings. The van der Waals surface area contributed by atoms with Crippen LogP contribution < -0.4 is 17.2 Å². The first kappa shape index (κ1) is 19.2. The Morgan fingerprint density at radius 2 is 0.905 bits per heavy atom. The number of hydrogen-bond donors (Lipinski definition) is 9. The lowest BCUT2D eigenvalue weighted by Gasteiger charge is -2.24. The molecule has 4 atom stereocenters. The van der Waals surface area contributed by atoms with E-state index in [2.05, 4.69) is 15.0 Å². The number of nitrogens with zero attached hydrogens (tertiary/aromatic N) is 3. The van der Waals surface area contributed by atoms with Crippen LogP contribution in [0.2, 0.25) is 0 Å². The van der Waals surface area contributed by atoms with Crippen LogP contribution in [-0.2, 0) is 0 Å². The maximum absolute atomic E-state index is 8.96. The third-order valence-electron chi connectivity index (χ3n) is 2.20. The lowest BCUT2D eigenvalue weighted by atomic mass is 10.0. The predicted molar refractivity (Wildman–Crippen MR) is 71.3 cm³/mol. The fourth-order valence-electron chi connectivity index (χ4n) is 1.10. The van der Waals surface area contributed by atoms with E-state index in [1.165, 1.54) is 0 Å². The van der Waals surface area contributed by atoms with Gasteiger partial charge in [-0.1, -0.05) is 0 Å². The molecule has 0 amide bonds. The summed E-state index contributed by atoms with van der Waals surface area (Å²) in [7, 11) is 0. The Labute approximate surface area is 119 Å². The first-order valence-corrected chi connectivity index (χ1v) is 5.69. The van der Waals surface area contributed by atoms with Crippen molar-refractivity contribution in [3.05, 3.63) is 0 Å². The van der Waals surface area contributed by atoms with Gasteiger partial charge >= 0.3 is 0 Å². The van der Waals surface area contributed by atoms with Crippen LogP contribution in [0.4, 0.5) is 17.8 Å². The number of anilines is 3.